The summed E-state index contributed by atoms with van der Waals surface area (Å²) in [5, 5.41) is 17.8. The minimum absolute atomic E-state index is 0.101. The average Bonchev–Trinajstić information content (AvgIpc) is 3.32. The standard InChI is InChI=1S/C22H21ClN4O2S/c1-13-5-10-16-17(12-24)22(30-18(16)11-13)25-19(28)3-2-4-20-26-21(27-29-20)14-6-8-15(23)9-7-14/h6-9,13H,2-5,10-11H2,1H3,(H,25,28)/t13-/m1/s1. The molecule has 1 N–H and O–H groups in total. The molecule has 0 bridgehead atoms. The number of amides is 1. The number of hydrogen-bond donors (Lipinski definition) is 1. The molecule has 1 aromatic carbocycles. The summed E-state index contributed by atoms with van der Waals surface area (Å²) in [7, 11) is 0. The van der Waals surface area contributed by atoms with Crippen molar-refractivity contribution < 1.29 is 9.32 Å². The van der Waals surface area contributed by atoms with E-state index in [1.165, 1.54) is 4.88 Å². The minimum atomic E-state index is -0.101. The number of carbonyl (C=O) groups is 1. The zero-order valence-corrected chi connectivity index (χ0v) is 18.1. The first kappa shape index (κ1) is 20.6. The van der Waals surface area contributed by atoms with E-state index in [-0.39, 0.29) is 5.91 Å². The van der Waals surface area contributed by atoms with E-state index in [9.17, 15) is 10.1 Å². The molecule has 30 heavy (non-hydrogen) atoms. The Balaban J connectivity index is 1.32. The smallest absolute Gasteiger partial charge is 0.226 e. The number of hydrogen-bond acceptors (Lipinski definition) is 6. The number of thiophene rings is 1. The van der Waals surface area contributed by atoms with Gasteiger partial charge in [0.1, 0.15) is 11.1 Å². The highest BCUT2D eigenvalue weighted by Gasteiger charge is 2.24. The van der Waals surface area contributed by atoms with Gasteiger partial charge in [-0.3, -0.25) is 4.79 Å². The maximum absolute atomic E-state index is 12.4. The van der Waals surface area contributed by atoms with Gasteiger partial charge in [0.05, 0.1) is 5.56 Å². The third-order valence-corrected chi connectivity index (χ3v) is 6.66. The molecule has 1 aliphatic carbocycles. The number of carbonyl (C=O) groups excluding carboxylic acids is 1. The molecule has 1 atom stereocenters. The van der Waals surface area contributed by atoms with Crippen molar-refractivity contribution in [3.63, 3.8) is 0 Å². The van der Waals surface area contributed by atoms with Crippen LogP contribution in [0.4, 0.5) is 5.00 Å². The van der Waals surface area contributed by atoms with Crippen LogP contribution in [0.5, 0.6) is 0 Å². The highest BCUT2D eigenvalue weighted by atomic mass is 35.5. The highest BCUT2D eigenvalue weighted by Crippen LogP contribution is 2.39. The summed E-state index contributed by atoms with van der Waals surface area (Å²) in [4.78, 5) is 18.0. The van der Waals surface area contributed by atoms with Crippen molar-refractivity contribution in [2.24, 2.45) is 5.92 Å². The SMILES string of the molecule is C[C@@H]1CCc2c(sc(NC(=O)CCCc3nc(-c4ccc(Cl)cc4)no3)c2C#N)C1. The van der Waals surface area contributed by atoms with Crippen LogP contribution >= 0.6 is 22.9 Å². The summed E-state index contributed by atoms with van der Waals surface area (Å²) in [5.41, 5.74) is 2.59. The summed E-state index contributed by atoms with van der Waals surface area (Å²) in [6, 6.07) is 9.49. The van der Waals surface area contributed by atoms with Crippen molar-refractivity contribution in [3.8, 4) is 17.5 Å². The summed E-state index contributed by atoms with van der Waals surface area (Å²) >= 11 is 7.44. The summed E-state index contributed by atoms with van der Waals surface area (Å²) in [5.74, 6) is 1.52. The zero-order valence-electron chi connectivity index (χ0n) is 16.6. The van der Waals surface area contributed by atoms with Crippen LogP contribution in [0.3, 0.4) is 0 Å². The Hall–Kier alpha value is -2.69. The van der Waals surface area contributed by atoms with Crippen LogP contribution in [-0.2, 0) is 24.1 Å². The van der Waals surface area contributed by atoms with Crippen LogP contribution in [0.2, 0.25) is 5.02 Å². The van der Waals surface area contributed by atoms with Gasteiger partial charge in [0.25, 0.3) is 0 Å². The predicted octanol–water partition coefficient (Wildman–Crippen LogP) is 5.41. The van der Waals surface area contributed by atoms with Gasteiger partial charge >= 0.3 is 0 Å². The largest absolute Gasteiger partial charge is 0.339 e. The Morgan fingerprint density at radius 1 is 1.40 bits per heavy atom. The lowest BCUT2D eigenvalue weighted by Gasteiger charge is -2.17. The number of halogens is 1. The number of nitrogens with zero attached hydrogens (tertiary/aromatic N) is 3. The molecule has 3 aromatic rings. The number of aromatic nitrogens is 2. The first-order valence-electron chi connectivity index (χ1n) is 9.96. The Kier molecular flexibility index (Phi) is 6.16. The van der Waals surface area contributed by atoms with Gasteiger partial charge in [-0.15, -0.1) is 11.3 Å². The molecule has 1 aliphatic rings. The molecule has 8 heteroatoms. The van der Waals surface area contributed by atoms with E-state index in [4.69, 9.17) is 16.1 Å². The zero-order chi connectivity index (χ0) is 21.1. The summed E-state index contributed by atoms with van der Waals surface area (Å²) < 4.78 is 5.28. The third kappa shape index (κ3) is 4.55. The van der Waals surface area contributed by atoms with E-state index in [0.29, 0.717) is 52.5 Å². The fourth-order valence-corrected chi connectivity index (χ4v) is 5.12. The fraction of sp³-hybridized carbons (Fsp3) is 0.364. The molecule has 2 heterocycles. The summed E-state index contributed by atoms with van der Waals surface area (Å²) in [6.07, 6.45) is 4.41. The Morgan fingerprint density at radius 2 is 2.20 bits per heavy atom. The van der Waals surface area contributed by atoms with E-state index < -0.39 is 0 Å². The molecule has 0 spiro atoms. The van der Waals surface area contributed by atoms with E-state index in [2.05, 4.69) is 28.5 Å². The molecule has 0 fully saturated rings. The number of fused-ring (bicyclic) bond motifs is 1. The molecular weight excluding hydrogens is 420 g/mol. The van der Waals surface area contributed by atoms with Crippen molar-refractivity contribution in [3.05, 3.63) is 51.2 Å². The Bertz CT molecular complexity index is 1100. The molecule has 6 nitrogen and oxygen atoms in total. The molecule has 154 valence electrons. The number of benzene rings is 1. The molecule has 0 unspecified atom stereocenters. The van der Waals surface area contributed by atoms with Gasteiger partial charge in [-0.25, -0.2) is 0 Å². The maximum atomic E-state index is 12.4. The second kappa shape index (κ2) is 8.99. The van der Waals surface area contributed by atoms with Gasteiger partial charge in [0.2, 0.25) is 17.6 Å². The lowest BCUT2D eigenvalue weighted by atomic mass is 9.88. The normalized spacial score (nSPS) is 15.4. The Morgan fingerprint density at radius 3 is 2.97 bits per heavy atom. The van der Waals surface area contributed by atoms with Crippen molar-refractivity contribution >= 4 is 33.8 Å². The van der Waals surface area contributed by atoms with Gasteiger partial charge in [0, 0.05) is 28.3 Å². The van der Waals surface area contributed by atoms with Crippen molar-refractivity contribution in [2.75, 3.05) is 5.32 Å². The van der Waals surface area contributed by atoms with Crippen LogP contribution < -0.4 is 5.32 Å². The highest BCUT2D eigenvalue weighted by molar-refractivity contribution is 7.16. The molecule has 0 aliphatic heterocycles. The third-order valence-electron chi connectivity index (χ3n) is 5.24. The van der Waals surface area contributed by atoms with Gasteiger partial charge in [-0.05, 0) is 61.4 Å². The van der Waals surface area contributed by atoms with Crippen LogP contribution in [0.15, 0.2) is 28.8 Å². The number of rotatable bonds is 6. The number of anilines is 1. The molecule has 0 saturated heterocycles. The van der Waals surface area contributed by atoms with Crippen molar-refractivity contribution in [1.82, 2.24) is 10.1 Å². The van der Waals surface area contributed by atoms with E-state index >= 15 is 0 Å². The van der Waals surface area contributed by atoms with Gasteiger partial charge in [-0.1, -0.05) is 23.7 Å². The van der Waals surface area contributed by atoms with Gasteiger partial charge in [0.15, 0.2) is 0 Å². The number of aryl methyl sites for hydroxylation is 1. The molecular formula is C22H21ClN4O2S. The molecule has 4 rings (SSSR count). The second-order valence-corrected chi connectivity index (χ2v) is 9.13. The molecule has 2 aromatic heterocycles. The van der Waals surface area contributed by atoms with Crippen molar-refractivity contribution in [2.45, 2.75) is 45.4 Å². The quantitative estimate of drug-likeness (QED) is 0.553. The minimum Gasteiger partial charge on any atom is -0.339 e. The van der Waals surface area contributed by atoms with Crippen LogP contribution in [-0.4, -0.2) is 16.0 Å². The second-order valence-electron chi connectivity index (χ2n) is 7.59. The lowest BCUT2D eigenvalue weighted by Crippen LogP contribution is -2.12. The van der Waals surface area contributed by atoms with Gasteiger partial charge in [-0.2, -0.15) is 10.2 Å². The number of nitriles is 1. The van der Waals surface area contributed by atoms with E-state index in [1.807, 2.05) is 12.1 Å². The fourth-order valence-electron chi connectivity index (χ4n) is 3.62. The predicted molar refractivity (Wildman–Crippen MR) is 117 cm³/mol. The molecule has 0 radical (unpaired) electrons. The first-order valence-corrected chi connectivity index (χ1v) is 11.2. The maximum Gasteiger partial charge on any atom is 0.226 e. The van der Waals surface area contributed by atoms with Crippen LogP contribution in [0, 0.1) is 17.2 Å². The monoisotopic (exact) mass is 440 g/mol. The van der Waals surface area contributed by atoms with Crippen LogP contribution in [0.1, 0.15) is 48.1 Å². The topological polar surface area (TPSA) is 91.8 Å². The van der Waals surface area contributed by atoms with Crippen LogP contribution in [0.25, 0.3) is 11.4 Å². The van der Waals surface area contributed by atoms with Gasteiger partial charge < -0.3 is 9.84 Å². The Labute approximate surface area is 183 Å². The molecule has 1 amide bonds. The van der Waals surface area contributed by atoms with E-state index in [1.54, 1.807) is 23.5 Å². The van der Waals surface area contributed by atoms with Crippen molar-refractivity contribution in [1.29, 1.82) is 5.26 Å². The molecule has 0 saturated carbocycles. The number of nitrogens with one attached hydrogen (secondary N) is 1. The van der Waals surface area contributed by atoms with E-state index in [0.717, 1.165) is 30.4 Å². The lowest BCUT2D eigenvalue weighted by molar-refractivity contribution is -0.116. The average molecular weight is 441 g/mol. The first-order chi connectivity index (χ1) is 14.5. The summed E-state index contributed by atoms with van der Waals surface area (Å²) in [6.45, 7) is 2.23.